The second kappa shape index (κ2) is 39.5. The van der Waals surface area contributed by atoms with Crippen LogP contribution in [0, 0.1) is 0 Å². The first-order valence-corrected chi connectivity index (χ1v) is 21.6. The molecule has 47 heavy (non-hydrogen) atoms. The summed E-state index contributed by atoms with van der Waals surface area (Å²) in [6.07, 6.45) is 45.8. The van der Waals surface area contributed by atoms with Crippen LogP contribution >= 0.6 is 0 Å². The Hall–Kier alpha value is -0.900. The number of carbonyl (C=O) groups is 2. The molecule has 0 aromatic heterocycles. The summed E-state index contributed by atoms with van der Waals surface area (Å²) in [5, 5.41) is 12.8. The van der Waals surface area contributed by atoms with E-state index in [0.29, 0.717) is 12.2 Å². The quantitative estimate of drug-likeness (QED) is 0.0641. The van der Waals surface area contributed by atoms with Crippen LogP contribution in [0.25, 0.3) is 0 Å². The summed E-state index contributed by atoms with van der Waals surface area (Å²) in [6, 6.07) is -0.0774. The number of nitrogens with one attached hydrogen (secondary N) is 1. The highest BCUT2D eigenvalue weighted by Gasteiger charge is 2.11. The van der Waals surface area contributed by atoms with Crippen LogP contribution in [0.1, 0.15) is 251 Å². The molecule has 1 amide bonds. The molecule has 1 atom stereocenters. The zero-order valence-corrected chi connectivity index (χ0v) is 32.2. The standard InChI is InChI=1S/C43H85NO3/c1-3-5-7-9-11-13-15-16-17-19-20-24-28-32-36-41(40-45)44-43(47)39-35-31-27-23-22-26-30-34-38-42(46)37-33-29-25-21-18-14-12-10-8-6-4-2/h41,45H,3-40H2,1-2H3,(H,44,47)/t41-/m0/s1. The zero-order valence-electron chi connectivity index (χ0n) is 32.2. The average Bonchev–Trinajstić information content (AvgIpc) is 3.07. The lowest BCUT2D eigenvalue weighted by Gasteiger charge is -2.16. The molecule has 0 aliphatic rings. The molecular formula is C43H85NO3. The minimum absolute atomic E-state index is 0.0507. The first kappa shape index (κ1) is 46.1. The highest BCUT2D eigenvalue weighted by atomic mass is 16.3. The number of amides is 1. The van der Waals surface area contributed by atoms with E-state index in [1.165, 1.54) is 180 Å². The van der Waals surface area contributed by atoms with Crippen LogP contribution in [0.3, 0.4) is 0 Å². The highest BCUT2D eigenvalue weighted by Crippen LogP contribution is 2.16. The highest BCUT2D eigenvalue weighted by molar-refractivity contribution is 5.78. The van der Waals surface area contributed by atoms with Gasteiger partial charge in [0.05, 0.1) is 12.6 Å². The molecule has 0 aliphatic carbocycles. The molecule has 0 heterocycles. The largest absolute Gasteiger partial charge is 0.394 e. The van der Waals surface area contributed by atoms with Gasteiger partial charge in [0, 0.05) is 19.3 Å². The molecular weight excluding hydrogens is 578 g/mol. The molecule has 0 aromatic carbocycles. The normalized spacial score (nSPS) is 12.1. The Morgan fingerprint density at radius 3 is 1.00 bits per heavy atom. The molecule has 0 bridgehead atoms. The van der Waals surface area contributed by atoms with E-state index >= 15 is 0 Å². The third kappa shape index (κ3) is 37.8. The van der Waals surface area contributed by atoms with Crippen LogP contribution in [0.5, 0.6) is 0 Å². The van der Waals surface area contributed by atoms with Crippen molar-refractivity contribution in [3.05, 3.63) is 0 Å². The summed E-state index contributed by atoms with van der Waals surface area (Å²) in [5.41, 5.74) is 0. The molecule has 4 heteroatoms. The molecule has 0 unspecified atom stereocenters. The molecule has 0 fully saturated rings. The number of aliphatic hydroxyl groups is 1. The summed E-state index contributed by atoms with van der Waals surface area (Å²) in [4.78, 5) is 24.5. The number of unbranched alkanes of at least 4 members (excludes halogenated alkanes) is 30. The molecule has 0 radical (unpaired) electrons. The van der Waals surface area contributed by atoms with E-state index in [4.69, 9.17) is 0 Å². The van der Waals surface area contributed by atoms with Gasteiger partial charge in [-0.15, -0.1) is 0 Å². The Balaban J connectivity index is 3.42. The fraction of sp³-hybridized carbons (Fsp3) is 0.953. The number of hydrogen-bond acceptors (Lipinski definition) is 3. The molecule has 2 N–H and O–H groups in total. The number of hydrogen-bond donors (Lipinski definition) is 2. The first-order chi connectivity index (χ1) is 23.1. The second-order valence-corrected chi connectivity index (χ2v) is 15.0. The number of carbonyl (C=O) groups excluding carboxylic acids is 2. The lowest BCUT2D eigenvalue weighted by Crippen LogP contribution is -2.37. The van der Waals surface area contributed by atoms with Crippen molar-refractivity contribution >= 4 is 11.7 Å². The molecule has 0 aliphatic heterocycles. The SMILES string of the molecule is CCCCCCCCCCCCCCCC[C@@H](CO)NC(=O)CCCCCCCCCCC(=O)CCCCCCCCCCCCC. The summed E-state index contributed by atoms with van der Waals surface area (Å²) in [5.74, 6) is 0.578. The van der Waals surface area contributed by atoms with E-state index in [9.17, 15) is 14.7 Å². The Bertz CT molecular complexity index is 637. The smallest absolute Gasteiger partial charge is 0.220 e. The van der Waals surface area contributed by atoms with Crippen LogP contribution < -0.4 is 5.32 Å². The minimum Gasteiger partial charge on any atom is -0.394 e. The predicted octanol–water partition coefficient (Wildman–Crippen LogP) is 13.5. The van der Waals surface area contributed by atoms with Crippen LogP contribution in [-0.2, 0) is 9.59 Å². The molecule has 4 nitrogen and oxygen atoms in total. The van der Waals surface area contributed by atoms with Crippen molar-refractivity contribution < 1.29 is 14.7 Å². The van der Waals surface area contributed by atoms with Crippen molar-refractivity contribution in [3.63, 3.8) is 0 Å². The van der Waals surface area contributed by atoms with Crippen LogP contribution in [0.15, 0.2) is 0 Å². The maximum Gasteiger partial charge on any atom is 0.220 e. The summed E-state index contributed by atoms with van der Waals surface area (Å²) >= 11 is 0. The fourth-order valence-electron chi connectivity index (χ4n) is 6.87. The van der Waals surface area contributed by atoms with Crippen molar-refractivity contribution in [2.75, 3.05) is 6.61 Å². The van der Waals surface area contributed by atoms with Gasteiger partial charge in [-0.3, -0.25) is 9.59 Å². The topological polar surface area (TPSA) is 66.4 Å². The van der Waals surface area contributed by atoms with E-state index in [1.807, 2.05) is 0 Å². The Labute approximate surface area is 295 Å². The molecule has 0 spiro atoms. The van der Waals surface area contributed by atoms with Gasteiger partial charge in [-0.2, -0.15) is 0 Å². The van der Waals surface area contributed by atoms with Crippen molar-refractivity contribution in [3.8, 4) is 0 Å². The fourth-order valence-corrected chi connectivity index (χ4v) is 6.87. The van der Waals surface area contributed by atoms with Gasteiger partial charge >= 0.3 is 0 Å². The van der Waals surface area contributed by atoms with Crippen LogP contribution in [0.2, 0.25) is 0 Å². The zero-order chi connectivity index (χ0) is 34.3. The lowest BCUT2D eigenvalue weighted by molar-refractivity contribution is -0.122. The Kier molecular flexibility index (Phi) is 38.8. The Morgan fingerprint density at radius 2 is 0.681 bits per heavy atom. The summed E-state index contributed by atoms with van der Waals surface area (Å²) in [7, 11) is 0. The molecule has 280 valence electrons. The van der Waals surface area contributed by atoms with E-state index in [0.717, 1.165) is 51.4 Å². The maximum absolute atomic E-state index is 12.3. The summed E-state index contributed by atoms with van der Waals surface area (Å²) < 4.78 is 0. The molecule has 0 saturated heterocycles. The van der Waals surface area contributed by atoms with E-state index < -0.39 is 0 Å². The van der Waals surface area contributed by atoms with Gasteiger partial charge in [0.15, 0.2) is 0 Å². The van der Waals surface area contributed by atoms with Gasteiger partial charge < -0.3 is 10.4 Å². The number of Topliss-reactive ketones (excluding diaryl/α,β-unsaturated/α-hetero) is 1. The second-order valence-electron chi connectivity index (χ2n) is 15.0. The van der Waals surface area contributed by atoms with Crippen molar-refractivity contribution in [1.82, 2.24) is 5.32 Å². The molecule has 0 saturated carbocycles. The third-order valence-electron chi connectivity index (χ3n) is 10.2. The monoisotopic (exact) mass is 664 g/mol. The van der Waals surface area contributed by atoms with Crippen molar-refractivity contribution in [2.24, 2.45) is 0 Å². The number of ketones is 1. The number of rotatable bonds is 40. The van der Waals surface area contributed by atoms with Gasteiger partial charge in [-0.1, -0.05) is 206 Å². The van der Waals surface area contributed by atoms with Crippen molar-refractivity contribution in [2.45, 2.75) is 257 Å². The van der Waals surface area contributed by atoms with Gasteiger partial charge in [0.25, 0.3) is 0 Å². The third-order valence-corrected chi connectivity index (χ3v) is 10.2. The van der Waals surface area contributed by atoms with E-state index in [-0.39, 0.29) is 18.6 Å². The number of aliphatic hydroxyl groups excluding tert-OH is 1. The minimum atomic E-state index is -0.0774. The Morgan fingerprint density at radius 1 is 0.404 bits per heavy atom. The van der Waals surface area contributed by atoms with E-state index in [2.05, 4.69) is 19.2 Å². The maximum atomic E-state index is 12.3. The van der Waals surface area contributed by atoms with Gasteiger partial charge in [-0.05, 0) is 25.7 Å². The lowest BCUT2D eigenvalue weighted by atomic mass is 10.0. The average molecular weight is 664 g/mol. The van der Waals surface area contributed by atoms with E-state index in [1.54, 1.807) is 0 Å². The first-order valence-electron chi connectivity index (χ1n) is 21.6. The van der Waals surface area contributed by atoms with Crippen molar-refractivity contribution in [1.29, 1.82) is 0 Å². The van der Waals surface area contributed by atoms with Gasteiger partial charge in [0.2, 0.25) is 5.91 Å². The summed E-state index contributed by atoms with van der Waals surface area (Å²) in [6.45, 7) is 4.61. The van der Waals surface area contributed by atoms with Crippen LogP contribution in [-0.4, -0.2) is 29.4 Å². The molecule has 0 aromatic rings. The van der Waals surface area contributed by atoms with Gasteiger partial charge in [-0.25, -0.2) is 0 Å². The van der Waals surface area contributed by atoms with Gasteiger partial charge in [0.1, 0.15) is 5.78 Å². The van der Waals surface area contributed by atoms with Crippen LogP contribution in [0.4, 0.5) is 0 Å². The molecule has 0 rings (SSSR count). The predicted molar refractivity (Wildman–Crippen MR) is 206 cm³/mol.